The largest absolute Gasteiger partial charge is 0.478 e. The third-order valence-electron chi connectivity index (χ3n) is 3.73. The molecular formula is C17H12N2O5. The molecule has 1 heterocycles. The van der Waals surface area contributed by atoms with E-state index in [4.69, 9.17) is 5.73 Å². The van der Waals surface area contributed by atoms with Gasteiger partial charge in [-0.1, -0.05) is 42.5 Å². The summed E-state index contributed by atoms with van der Waals surface area (Å²) in [5.74, 6) is -3.34. The minimum absolute atomic E-state index is 0.201. The smallest absolute Gasteiger partial charge is 0.342 e. The second-order valence-electron chi connectivity index (χ2n) is 5.13. The summed E-state index contributed by atoms with van der Waals surface area (Å²) in [7, 11) is 0. The average molecular weight is 324 g/mol. The first-order valence-corrected chi connectivity index (χ1v) is 6.92. The van der Waals surface area contributed by atoms with Crippen molar-refractivity contribution in [2.75, 3.05) is 5.73 Å². The number of pyridine rings is 1. The average Bonchev–Trinajstić information content (AvgIpc) is 2.52. The molecule has 120 valence electrons. The molecule has 0 atom stereocenters. The van der Waals surface area contributed by atoms with Crippen molar-refractivity contribution >= 4 is 28.5 Å². The van der Waals surface area contributed by atoms with Crippen LogP contribution >= 0.6 is 0 Å². The summed E-state index contributed by atoms with van der Waals surface area (Å²) < 4.78 is 0. The molecule has 1 aromatic heterocycles. The summed E-state index contributed by atoms with van der Waals surface area (Å²) >= 11 is 0. The zero-order chi connectivity index (χ0) is 17.4. The van der Waals surface area contributed by atoms with Crippen LogP contribution in [-0.2, 0) is 0 Å². The topological polar surface area (TPSA) is 133 Å². The van der Waals surface area contributed by atoms with Crippen LogP contribution in [0.4, 0.5) is 5.82 Å². The number of hydrogen-bond acceptors (Lipinski definition) is 4. The number of aromatic carboxylic acids is 2. The Morgan fingerprint density at radius 1 is 0.917 bits per heavy atom. The van der Waals surface area contributed by atoms with Gasteiger partial charge in [0.15, 0.2) is 0 Å². The van der Waals surface area contributed by atoms with Crippen LogP contribution in [0.25, 0.3) is 21.9 Å². The molecule has 24 heavy (non-hydrogen) atoms. The van der Waals surface area contributed by atoms with E-state index in [1.165, 1.54) is 0 Å². The standard InChI is InChI=1S/C17H12N2O5/c18-14-12(16(21)22)11(13(17(23)24)15(20)19-14)10-7-3-5-8-4-1-2-6-9(8)10/h1-7H,(H,21,22)(H,23,24)(H3,18,19,20). The summed E-state index contributed by atoms with van der Waals surface area (Å²) in [4.78, 5) is 37.4. The number of aromatic nitrogens is 1. The molecule has 0 unspecified atom stereocenters. The molecule has 3 aromatic rings. The lowest BCUT2D eigenvalue weighted by Crippen LogP contribution is -2.24. The van der Waals surface area contributed by atoms with Crippen molar-refractivity contribution in [3.63, 3.8) is 0 Å². The van der Waals surface area contributed by atoms with E-state index in [1.807, 2.05) is 0 Å². The molecule has 3 rings (SSSR count). The van der Waals surface area contributed by atoms with Crippen molar-refractivity contribution in [2.24, 2.45) is 0 Å². The first-order chi connectivity index (χ1) is 11.4. The molecule has 0 saturated heterocycles. The maximum Gasteiger partial charge on any atom is 0.342 e. The van der Waals surface area contributed by atoms with Gasteiger partial charge in [-0.2, -0.15) is 0 Å². The second kappa shape index (κ2) is 5.54. The van der Waals surface area contributed by atoms with E-state index in [1.54, 1.807) is 42.5 Å². The first-order valence-electron chi connectivity index (χ1n) is 6.92. The molecule has 0 aliphatic rings. The van der Waals surface area contributed by atoms with Crippen molar-refractivity contribution < 1.29 is 19.8 Å². The van der Waals surface area contributed by atoms with Crippen LogP contribution in [0, 0.1) is 0 Å². The number of carboxylic acid groups (broad SMARTS) is 2. The lowest BCUT2D eigenvalue weighted by molar-refractivity contribution is 0.0695. The van der Waals surface area contributed by atoms with Crippen LogP contribution < -0.4 is 11.3 Å². The summed E-state index contributed by atoms with van der Waals surface area (Å²) in [5.41, 5.74) is 3.72. The quantitative estimate of drug-likeness (QED) is 0.583. The summed E-state index contributed by atoms with van der Waals surface area (Å²) in [5, 5.41) is 20.3. The van der Waals surface area contributed by atoms with Gasteiger partial charge >= 0.3 is 11.9 Å². The molecule has 2 aromatic carbocycles. The van der Waals surface area contributed by atoms with Crippen LogP contribution in [0.2, 0.25) is 0 Å². The van der Waals surface area contributed by atoms with E-state index in [0.29, 0.717) is 10.9 Å². The molecule has 7 heteroatoms. The van der Waals surface area contributed by atoms with E-state index < -0.39 is 28.6 Å². The van der Waals surface area contributed by atoms with Gasteiger partial charge in [-0.15, -0.1) is 0 Å². The van der Waals surface area contributed by atoms with Gasteiger partial charge in [-0.3, -0.25) is 4.79 Å². The molecule has 7 nitrogen and oxygen atoms in total. The number of benzene rings is 2. The van der Waals surface area contributed by atoms with Gasteiger partial charge in [-0.05, 0) is 16.3 Å². The number of rotatable bonds is 3. The highest BCUT2D eigenvalue weighted by molar-refractivity contribution is 6.11. The Kier molecular flexibility index (Phi) is 3.53. The summed E-state index contributed by atoms with van der Waals surface area (Å²) in [6.07, 6.45) is 0. The number of H-pyrrole nitrogens is 1. The molecule has 0 saturated carbocycles. The number of nitrogens with two attached hydrogens (primary N) is 1. The zero-order valence-corrected chi connectivity index (χ0v) is 12.2. The minimum atomic E-state index is -1.53. The van der Waals surface area contributed by atoms with Crippen LogP contribution in [-0.4, -0.2) is 27.1 Å². The number of hydrogen-bond donors (Lipinski definition) is 4. The Bertz CT molecular complexity index is 1050. The highest BCUT2D eigenvalue weighted by Gasteiger charge is 2.27. The highest BCUT2D eigenvalue weighted by atomic mass is 16.4. The summed E-state index contributed by atoms with van der Waals surface area (Å²) in [6, 6.07) is 12.1. The Morgan fingerprint density at radius 2 is 1.54 bits per heavy atom. The molecule has 0 bridgehead atoms. The number of nitrogen functional groups attached to an aromatic ring is 1. The van der Waals surface area contributed by atoms with Gasteiger partial charge in [0.2, 0.25) is 0 Å². The Balaban J connectivity index is 2.57. The van der Waals surface area contributed by atoms with Gasteiger partial charge in [0, 0.05) is 5.56 Å². The first kappa shape index (κ1) is 15.3. The number of carboxylic acids is 2. The molecule has 0 spiro atoms. The molecule has 0 fully saturated rings. The van der Waals surface area contributed by atoms with Crippen molar-refractivity contribution in [3.8, 4) is 11.1 Å². The number of carbonyl (C=O) groups is 2. The maximum atomic E-state index is 12.1. The SMILES string of the molecule is Nc1[nH]c(=O)c(C(=O)O)c(-c2cccc3ccccc23)c1C(=O)O. The molecule has 0 aliphatic carbocycles. The normalized spacial score (nSPS) is 10.7. The second-order valence-corrected chi connectivity index (χ2v) is 5.13. The summed E-state index contributed by atoms with van der Waals surface area (Å²) in [6.45, 7) is 0. The maximum absolute atomic E-state index is 12.1. The fourth-order valence-electron chi connectivity index (χ4n) is 2.76. The van der Waals surface area contributed by atoms with Crippen molar-refractivity contribution in [3.05, 3.63) is 63.9 Å². The van der Waals surface area contributed by atoms with E-state index >= 15 is 0 Å². The third kappa shape index (κ3) is 2.28. The molecule has 0 radical (unpaired) electrons. The van der Waals surface area contributed by atoms with E-state index in [9.17, 15) is 24.6 Å². The fraction of sp³-hybridized carbons (Fsp3) is 0. The Labute approximate surface area is 135 Å². The van der Waals surface area contributed by atoms with Crippen LogP contribution in [0.15, 0.2) is 47.3 Å². The lowest BCUT2D eigenvalue weighted by atomic mass is 9.91. The Hall–Kier alpha value is -3.61. The highest BCUT2D eigenvalue weighted by Crippen LogP contribution is 2.34. The van der Waals surface area contributed by atoms with Crippen LogP contribution in [0.1, 0.15) is 20.7 Å². The van der Waals surface area contributed by atoms with E-state index in [0.717, 1.165) is 5.39 Å². The van der Waals surface area contributed by atoms with Crippen LogP contribution in [0.5, 0.6) is 0 Å². The van der Waals surface area contributed by atoms with Crippen molar-refractivity contribution in [1.29, 1.82) is 0 Å². The molecule has 5 N–H and O–H groups in total. The molecule has 0 aliphatic heterocycles. The van der Waals surface area contributed by atoms with Crippen LogP contribution in [0.3, 0.4) is 0 Å². The van der Waals surface area contributed by atoms with E-state index in [-0.39, 0.29) is 11.4 Å². The lowest BCUT2D eigenvalue weighted by Gasteiger charge is -2.14. The zero-order valence-electron chi connectivity index (χ0n) is 12.2. The number of aromatic amines is 1. The predicted molar refractivity (Wildman–Crippen MR) is 88.3 cm³/mol. The van der Waals surface area contributed by atoms with Crippen molar-refractivity contribution in [1.82, 2.24) is 4.98 Å². The van der Waals surface area contributed by atoms with Gasteiger partial charge in [0.05, 0.1) is 0 Å². The van der Waals surface area contributed by atoms with Gasteiger partial charge in [0.25, 0.3) is 5.56 Å². The molecule has 0 amide bonds. The Morgan fingerprint density at radius 3 is 2.21 bits per heavy atom. The third-order valence-corrected chi connectivity index (χ3v) is 3.73. The minimum Gasteiger partial charge on any atom is -0.478 e. The number of fused-ring (bicyclic) bond motifs is 1. The van der Waals surface area contributed by atoms with Gasteiger partial charge in [0.1, 0.15) is 16.9 Å². The predicted octanol–water partition coefficient (Wildman–Crippen LogP) is 2.17. The molecular weight excluding hydrogens is 312 g/mol. The number of anilines is 1. The van der Waals surface area contributed by atoms with Crippen molar-refractivity contribution in [2.45, 2.75) is 0 Å². The fourth-order valence-corrected chi connectivity index (χ4v) is 2.76. The monoisotopic (exact) mass is 324 g/mol. The van der Waals surface area contributed by atoms with Gasteiger partial charge in [-0.25, -0.2) is 9.59 Å². The van der Waals surface area contributed by atoms with Gasteiger partial charge < -0.3 is 20.9 Å². The van der Waals surface area contributed by atoms with E-state index in [2.05, 4.69) is 4.98 Å². The number of nitrogens with one attached hydrogen (secondary N) is 1.